The maximum atomic E-state index is 13.8. The van der Waals surface area contributed by atoms with Crippen molar-refractivity contribution in [3.63, 3.8) is 0 Å². The van der Waals surface area contributed by atoms with Crippen molar-refractivity contribution in [2.75, 3.05) is 0 Å². The molecular weight excluding hydrogens is 670 g/mol. The molecule has 6 rings (SSSR count). The summed E-state index contributed by atoms with van der Waals surface area (Å²) in [5.74, 6) is 1.25. The first-order valence-corrected chi connectivity index (χ1v) is 20.6. The number of benzene rings is 1. The summed E-state index contributed by atoms with van der Waals surface area (Å²) in [4.78, 5) is 38.6. The molecule has 288 valence electrons. The molecule has 0 heterocycles. The number of ether oxygens (including phenoxy) is 1. The number of carbonyl (C=O) groups is 3. The molecule has 0 radical (unpaired) electrons. The van der Waals surface area contributed by atoms with Gasteiger partial charge in [0.15, 0.2) is 0 Å². The predicted molar refractivity (Wildman–Crippen MR) is 208 cm³/mol. The van der Waals surface area contributed by atoms with Crippen LogP contribution in [0.1, 0.15) is 144 Å². The second kappa shape index (κ2) is 13.4. The van der Waals surface area contributed by atoms with Crippen molar-refractivity contribution in [2.24, 2.45) is 62.1 Å². The van der Waals surface area contributed by atoms with Crippen LogP contribution in [0.3, 0.4) is 0 Å². The van der Waals surface area contributed by atoms with Crippen molar-refractivity contribution in [1.82, 2.24) is 5.32 Å². The summed E-state index contributed by atoms with van der Waals surface area (Å²) in [6.07, 6.45) is 11.3. The van der Waals surface area contributed by atoms with Gasteiger partial charge < -0.3 is 15.2 Å². The van der Waals surface area contributed by atoms with E-state index in [2.05, 4.69) is 59.5 Å². The fraction of sp³-hybridized carbons (Fsp3) is 0.756. The van der Waals surface area contributed by atoms with Gasteiger partial charge in [0.2, 0.25) is 5.91 Å². The maximum Gasteiger partial charge on any atom is 0.309 e. The summed E-state index contributed by atoms with van der Waals surface area (Å²) in [5, 5.41) is 13.6. The Kier molecular flexibility index (Phi) is 10.2. The van der Waals surface area contributed by atoms with Crippen LogP contribution < -0.4 is 5.32 Å². The van der Waals surface area contributed by atoms with Gasteiger partial charge in [0.25, 0.3) is 0 Å². The molecule has 52 heavy (non-hydrogen) atoms. The lowest BCUT2D eigenvalue weighted by molar-refractivity contribution is -0.250. The van der Waals surface area contributed by atoms with E-state index in [1.807, 2.05) is 19.1 Å². The number of aryl methyl sites for hydroxylation is 1. The van der Waals surface area contributed by atoms with Gasteiger partial charge in [-0.2, -0.15) is 0 Å². The van der Waals surface area contributed by atoms with Crippen molar-refractivity contribution in [2.45, 2.75) is 152 Å². The molecule has 0 aliphatic heterocycles. The molecule has 6 nitrogen and oxygen atoms in total. The number of amides is 1. The van der Waals surface area contributed by atoms with Gasteiger partial charge in [-0.1, -0.05) is 70.5 Å². The van der Waals surface area contributed by atoms with E-state index in [9.17, 15) is 19.5 Å². The summed E-state index contributed by atoms with van der Waals surface area (Å²) < 4.78 is 6.18. The van der Waals surface area contributed by atoms with Crippen LogP contribution in [0.5, 0.6) is 0 Å². The number of carbonyl (C=O) groups excluding carboxylic acids is 2. The quantitative estimate of drug-likeness (QED) is 0.195. The molecule has 0 spiro atoms. The Morgan fingerprint density at radius 2 is 1.65 bits per heavy atom. The lowest BCUT2D eigenvalue weighted by atomic mass is 9.32. The van der Waals surface area contributed by atoms with Gasteiger partial charge in [-0.05, 0) is 160 Å². The molecule has 5 fully saturated rings. The summed E-state index contributed by atoms with van der Waals surface area (Å²) in [7, 11) is 0. The van der Waals surface area contributed by atoms with E-state index in [0.29, 0.717) is 42.6 Å². The average Bonchev–Trinajstić information content (AvgIpc) is 3.42. The van der Waals surface area contributed by atoms with Crippen molar-refractivity contribution >= 4 is 29.4 Å². The zero-order valence-electron chi connectivity index (χ0n) is 33.6. The molecule has 0 aromatic heterocycles. The molecule has 1 amide bonds. The minimum absolute atomic E-state index is 0.00618. The highest BCUT2D eigenvalue weighted by Gasteiger charge is 2.71. The Balaban J connectivity index is 1.22. The lowest BCUT2D eigenvalue weighted by Gasteiger charge is -2.73. The van der Waals surface area contributed by atoms with Gasteiger partial charge in [0, 0.05) is 23.4 Å². The van der Waals surface area contributed by atoms with E-state index in [4.69, 9.17) is 16.3 Å². The Morgan fingerprint density at radius 1 is 0.942 bits per heavy atom. The monoisotopic (exact) mass is 735 g/mol. The Labute approximate surface area is 318 Å². The van der Waals surface area contributed by atoms with Gasteiger partial charge in [0.05, 0.1) is 11.8 Å². The molecule has 1 aromatic carbocycles. The van der Waals surface area contributed by atoms with E-state index >= 15 is 0 Å². The first-order chi connectivity index (χ1) is 24.1. The van der Waals surface area contributed by atoms with Crippen LogP contribution in [-0.4, -0.2) is 29.1 Å². The molecule has 10 atom stereocenters. The van der Waals surface area contributed by atoms with Crippen molar-refractivity contribution in [1.29, 1.82) is 0 Å². The summed E-state index contributed by atoms with van der Waals surface area (Å²) in [6.45, 7) is 24.9. The summed E-state index contributed by atoms with van der Waals surface area (Å²) in [5.41, 5.74) is 2.49. The molecule has 0 bridgehead atoms. The van der Waals surface area contributed by atoms with E-state index in [-0.39, 0.29) is 45.5 Å². The van der Waals surface area contributed by atoms with Crippen LogP contribution >= 0.6 is 11.6 Å². The molecule has 7 heteroatoms. The second-order valence-electron chi connectivity index (χ2n) is 20.3. The van der Waals surface area contributed by atoms with Crippen LogP contribution in [0.15, 0.2) is 30.4 Å². The number of carboxylic acid groups (broad SMARTS) is 1. The molecule has 5 aliphatic rings. The first kappa shape index (κ1) is 39.4. The average molecular weight is 736 g/mol. The topological polar surface area (TPSA) is 92.7 Å². The molecule has 1 aromatic rings. The smallest absolute Gasteiger partial charge is 0.309 e. The lowest BCUT2D eigenvalue weighted by Crippen LogP contribution is -2.67. The zero-order valence-corrected chi connectivity index (χ0v) is 34.3. The minimum atomic E-state index is -1.15. The normalized spacial score (nSPS) is 39.3. The van der Waals surface area contributed by atoms with Crippen molar-refractivity contribution in [3.05, 3.63) is 46.5 Å². The van der Waals surface area contributed by atoms with Crippen LogP contribution in [0.2, 0.25) is 5.02 Å². The maximum absolute atomic E-state index is 13.8. The Hall–Kier alpha value is -2.34. The predicted octanol–water partition coefficient (Wildman–Crippen LogP) is 10.7. The van der Waals surface area contributed by atoms with Crippen LogP contribution in [0.25, 0.3) is 0 Å². The van der Waals surface area contributed by atoms with E-state index in [1.165, 1.54) is 18.4 Å². The van der Waals surface area contributed by atoms with Gasteiger partial charge in [0.1, 0.15) is 6.10 Å². The van der Waals surface area contributed by atoms with Crippen LogP contribution in [0.4, 0.5) is 0 Å². The summed E-state index contributed by atoms with van der Waals surface area (Å²) in [6, 6.07) is 6.04. The fourth-order valence-electron chi connectivity index (χ4n) is 13.7. The molecule has 2 N–H and O–H groups in total. The van der Waals surface area contributed by atoms with Crippen molar-refractivity contribution in [3.8, 4) is 0 Å². The highest BCUT2D eigenvalue weighted by Crippen LogP contribution is 2.78. The third kappa shape index (κ3) is 6.27. The molecule has 5 saturated carbocycles. The number of aliphatic carboxylic acids is 1. The van der Waals surface area contributed by atoms with Crippen molar-refractivity contribution < 1.29 is 24.2 Å². The highest BCUT2D eigenvalue weighted by molar-refractivity contribution is 6.31. The highest BCUT2D eigenvalue weighted by atomic mass is 35.5. The number of hydrogen-bond donors (Lipinski definition) is 2. The number of allylic oxidation sites excluding steroid dienone is 1. The number of nitrogens with one attached hydrogen (secondary N) is 1. The fourth-order valence-corrected chi connectivity index (χ4v) is 13.9. The summed E-state index contributed by atoms with van der Waals surface area (Å²) >= 11 is 6.40. The van der Waals surface area contributed by atoms with Gasteiger partial charge in [-0.25, -0.2) is 0 Å². The third-order valence-corrected chi connectivity index (χ3v) is 17.3. The number of fused-ring (bicyclic) bond motifs is 7. The van der Waals surface area contributed by atoms with Gasteiger partial charge in [-0.3, -0.25) is 14.4 Å². The molecule has 0 saturated heterocycles. The van der Waals surface area contributed by atoms with E-state index < -0.39 is 17.4 Å². The standard InChI is InChI=1S/C45H66ClNO5/c1-27(2)30-15-20-45(24-36(48)47-26-29-12-11-28(3)32(46)23-29)22-21-43(9)31(38(30)45)13-14-34-42(8)18-17-35(52-37(49)25-40(4,5)39(50)51)41(6,7)33(42)16-19-44(34,43)10/h11-12,23,30-31,33-35,38H,1,13-22,24-26H2,2-10H3,(H,47,48)(H,50,51)/t30-,31+,33-,34+,35-,38+,42-,43+,44+,45+/m0/s1. The molecule has 5 aliphatic carbocycles. The van der Waals surface area contributed by atoms with Gasteiger partial charge >= 0.3 is 11.9 Å². The second-order valence-corrected chi connectivity index (χ2v) is 20.7. The largest absolute Gasteiger partial charge is 0.481 e. The number of hydrogen-bond acceptors (Lipinski definition) is 4. The van der Waals surface area contributed by atoms with Crippen LogP contribution in [-0.2, 0) is 25.7 Å². The van der Waals surface area contributed by atoms with Crippen LogP contribution in [0, 0.1) is 69.0 Å². The molecular formula is C45H66ClNO5. The Morgan fingerprint density at radius 3 is 2.31 bits per heavy atom. The third-order valence-electron chi connectivity index (χ3n) is 16.9. The zero-order chi connectivity index (χ0) is 38.2. The number of rotatable bonds is 9. The first-order valence-electron chi connectivity index (χ1n) is 20.2. The van der Waals surface area contributed by atoms with E-state index in [1.54, 1.807) is 13.8 Å². The number of carboxylic acids is 1. The number of esters is 1. The number of halogens is 1. The minimum Gasteiger partial charge on any atom is -0.481 e. The molecule has 0 unspecified atom stereocenters. The Bertz CT molecular complexity index is 1620. The van der Waals surface area contributed by atoms with Gasteiger partial charge in [-0.15, -0.1) is 0 Å². The SMILES string of the molecule is C=C(C)[C@@H]1CC[C@]2(CC(=O)NCc3ccc(C)c(Cl)c3)CC[C@]3(C)[C@H](CC[C@@H]4[C@@]5(C)CC[C@H](OC(=O)CC(C)(C)C(=O)O)C(C)(C)[C@@H]5CC[C@]43C)[C@@H]12. The van der Waals surface area contributed by atoms with E-state index in [0.717, 1.165) is 67.5 Å².